The molecule has 70 valence electrons. The standard InChI is InChI=1S/C11H16N2/c1-8-3-6-10(12)11(7-8)13(2)9-4-5-9/h3,6-7,9H,4-5,12H2,1-2H3. The first-order valence-electron chi connectivity index (χ1n) is 4.77. The Morgan fingerprint density at radius 1 is 1.38 bits per heavy atom. The number of nitrogen functional groups attached to an aromatic ring is 1. The smallest absolute Gasteiger partial charge is 0.0602 e. The molecule has 1 aromatic carbocycles. The van der Waals surface area contributed by atoms with Gasteiger partial charge in [-0.05, 0) is 37.5 Å². The lowest BCUT2D eigenvalue weighted by molar-refractivity contribution is 0.918. The lowest BCUT2D eigenvalue weighted by Crippen LogP contribution is -2.20. The molecular formula is C11H16N2. The Morgan fingerprint density at radius 2 is 2.08 bits per heavy atom. The van der Waals surface area contributed by atoms with E-state index in [1.54, 1.807) is 0 Å². The quantitative estimate of drug-likeness (QED) is 0.700. The van der Waals surface area contributed by atoms with Gasteiger partial charge in [0.1, 0.15) is 0 Å². The molecule has 0 spiro atoms. The Balaban J connectivity index is 2.31. The van der Waals surface area contributed by atoms with Crippen LogP contribution in [0.2, 0.25) is 0 Å². The van der Waals surface area contributed by atoms with Gasteiger partial charge in [-0.15, -0.1) is 0 Å². The molecule has 0 saturated heterocycles. The number of nitrogens with two attached hydrogens (primary N) is 1. The summed E-state index contributed by atoms with van der Waals surface area (Å²) in [5.74, 6) is 0. The molecule has 1 aliphatic rings. The van der Waals surface area contributed by atoms with E-state index in [1.807, 2.05) is 6.07 Å². The number of benzene rings is 1. The fourth-order valence-corrected chi connectivity index (χ4v) is 1.62. The maximum Gasteiger partial charge on any atom is 0.0602 e. The molecule has 0 bridgehead atoms. The fraction of sp³-hybridized carbons (Fsp3) is 0.455. The van der Waals surface area contributed by atoms with E-state index in [2.05, 4.69) is 31.0 Å². The number of anilines is 2. The molecule has 13 heavy (non-hydrogen) atoms. The predicted octanol–water partition coefficient (Wildman–Crippen LogP) is 2.18. The maximum atomic E-state index is 5.91. The highest BCUT2D eigenvalue weighted by Gasteiger charge is 2.27. The monoisotopic (exact) mass is 176 g/mol. The van der Waals surface area contributed by atoms with Gasteiger partial charge < -0.3 is 10.6 Å². The number of nitrogens with zero attached hydrogens (tertiary/aromatic N) is 1. The molecule has 2 nitrogen and oxygen atoms in total. The first kappa shape index (κ1) is 8.42. The van der Waals surface area contributed by atoms with Crippen LogP contribution in [0.15, 0.2) is 18.2 Å². The van der Waals surface area contributed by atoms with Crippen LogP contribution in [0, 0.1) is 6.92 Å². The predicted molar refractivity (Wildman–Crippen MR) is 57.0 cm³/mol. The van der Waals surface area contributed by atoms with Gasteiger partial charge in [0.2, 0.25) is 0 Å². The SMILES string of the molecule is Cc1ccc(N)c(N(C)C2CC2)c1. The van der Waals surface area contributed by atoms with E-state index in [0.717, 1.165) is 11.7 Å². The Kier molecular flexibility index (Phi) is 1.91. The van der Waals surface area contributed by atoms with Crippen molar-refractivity contribution in [1.82, 2.24) is 0 Å². The van der Waals surface area contributed by atoms with Crippen LogP contribution in [0.1, 0.15) is 18.4 Å². The van der Waals surface area contributed by atoms with Crippen LogP contribution in [0.3, 0.4) is 0 Å². The number of rotatable bonds is 2. The van der Waals surface area contributed by atoms with E-state index < -0.39 is 0 Å². The topological polar surface area (TPSA) is 29.3 Å². The third-order valence-corrected chi connectivity index (χ3v) is 2.66. The Morgan fingerprint density at radius 3 is 2.69 bits per heavy atom. The number of aryl methyl sites for hydroxylation is 1. The summed E-state index contributed by atoms with van der Waals surface area (Å²) in [6.45, 7) is 2.10. The highest BCUT2D eigenvalue weighted by Crippen LogP contribution is 2.33. The highest BCUT2D eigenvalue weighted by atomic mass is 15.2. The molecule has 1 aromatic rings. The van der Waals surface area contributed by atoms with Crippen LogP contribution in [-0.2, 0) is 0 Å². The molecule has 1 fully saturated rings. The summed E-state index contributed by atoms with van der Waals surface area (Å²) < 4.78 is 0. The minimum Gasteiger partial charge on any atom is -0.397 e. The van der Waals surface area contributed by atoms with Crippen molar-refractivity contribution in [1.29, 1.82) is 0 Å². The normalized spacial score (nSPS) is 15.8. The molecule has 0 heterocycles. The molecule has 0 aromatic heterocycles. The van der Waals surface area contributed by atoms with Crippen molar-refractivity contribution in [3.8, 4) is 0 Å². The van der Waals surface area contributed by atoms with E-state index in [1.165, 1.54) is 24.1 Å². The summed E-state index contributed by atoms with van der Waals surface area (Å²) in [7, 11) is 2.13. The van der Waals surface area contributed by atoms with E-state index >= 15 is 0 Å². The molecule has 2 rings (SSSR count). The molecule has 1 aliphatic carbocycles. The molecule has 2 N–H and O–H groups in total. The molecular weight excluding hydrogens is 160 g/mol. The van der Waals surface area contributed by atoms with E-state index in [9.17, 15) is 0 Å². The van der Waals surface area contributed by atoms with Gasteiger partial charge in [-0.25, -0.2) is 0 Å². The molecule has 0 amide bonds. The molecule has 0 radical (unpaired) electrons. The van der Waals surface area contributed by atoms with Crippen LogP contribution in [0.4, 0.5) is 11.4 Å². The average molecular weight is 176 g/mol. The van der Waals surface area contributed by atoms with Crippen LogP contribution in [0.5, 0.6) is 0 Å². The van der Waals surface area contributed by atoms with Crippen molar-refractivity contribution in [2.24, 2.45) is 0 Å². The Labute approximate surface area is 79.4 Å². The van der Waals surface area contributed by atoms with Crippen LogP contribution < -0.4 is 10.6 Å². The average Bonchev–Trinajstić information content (AvgIpc) is 2.91. The summed E-state index contributed by atoms with van der Waals surface area (Å²) in [5.41, 5.74) is 9.26. The Bertz CT molecular complexity index is 316. The van der Waals surface area contributed by atoms with E-state index in [0.29, 0.717) is 0 Å². The van der Waals surface area contributed by atoms with Gasteiger partial charge in [0.25, 0.3) is 0 Å². The zero-order valence-electron chi connectivity index (χ0n) is 8.25. The third kappa shape index (κ3) is 1.62. The van der Waals surface area contributed by atoms with Gasteiger partial charge in [0.15, 0.2) is 0 Å². The lowest BCUT2D eigenvalue weighted by atomic mass is 10.2. The molecule has 0 aliphatic heterocycles. The van der Waals surface area contributed by atoms with Crippen molar-refractivity contribution in [2.75, 3.05) is 17.7 Å². The molecule has 0 unspecified atom stereocenters. The first-order valence-corrected chi connectivity index (χ1v) is 4.77. The zero-order valence-corrected chi connectivity index (χ0v) is 8.25. The van der Waals surface area contributed by atoms with Crippen molar-refractivity contribution in [3.63, 3.8) is 0 Å². The van der Waals surface area contributed by atoms with Gasteiger partial charge in [0.05, 0.1) is 11.4 Å². The largest absolute Gasteiger partial charge is 0.397 e. The molecule has 1 saturated carbocycles. The summed E-state index contributed by atoms with van der Waals surface area (Å²) in [6.07, 6.45) is 2.62. The van der Waals surface area contributed by atoms with Crippen LogP contribution >= 0.6 is 0 Å². The summed E-state index contributed by atoms with van der Waals surface area (Å²) in [4.78, 5) is 2.29. The minimum atomic E-state index is 0.726. The number of hydrogen-bond acceptors (Lipinski definition) is 2. The third-order valence-electron chi connectivity index (χ3n) is 2.66. The second-order valence-corrected chi connectivity index (χ2v) is 3.90. The van der Waals surface area contributed by atoms with Crippen molar-refractivity contribution < 1.29 is 0 Å². The number of hydrogen-bond donors (Lipinski definition) is 1. The van der Waals surface area contributed by atoms with Crippen molar-refractivity contribution in [2.45, 2.75) is 25.8 Å². The molecule has 2 heteroatoms. The highest BCUT2D eigenvalue weighted by molar-refractivity contribution is 5.68. The van der Waals surface area contributed by atoms with Crippen molar-refractivity contribution >= 4 is 11.4 Å². The Hall–Kier alpha value is -1.18. The summed E-state index contributed by atoms with van der Waals surface area (Å²) >= 11 is 0. The summed E-state index contributed by atoms with van der Waals surface area (Å²) in [6, 6.07) is 6.93. The van der Waals surface area contributed by atoms with Gasteiger partial charge in [-0.2, -0.15) is 0 Å². The summed E-state index contributed by atoms with van der Waals surface area (Å²) in [5, 5.41) is 0. The van der Waals surface area contributed by atoms with Gasteiger partial charge in [-0.3, -0.25) is 0 Å². The zero-order chi connectivity index (χ0) is 9.42. The first-order chi connectivity index (χ1) is 6.18. The van der Waals surface area contributed by atoms with E-state index in [4.69, 9.17) is 5.73 Å². The maximum absolute atomic E-state index is 5.91. The van der Waals surface area contributed by atoms with Gasteiger partial charge >= 0.3 is 0 Å². The second kappa shape index (κ2) is 2.95. The van der Waals surface area contributed by atoms with Crippen LogP contribution in [-0.4, -0.2) is 13.1 Å². The second-order valence-electron chi connectivity index (χ2n) is 3.90. The van der Waals surface area contributed by atoms with E-state index in [-0.39, 0.29) is 0 Å². The van der Waals surface area contributed by atoms with Gasteiger partial charge in [0, 0.05) is 13.1 Å². The minimum absolute atomic E-state index is 0.726. The molecule has 0 atom stereocenters. The van der Waals surface area contributed by atoms with Gasteiger partial charge in [-0.1, -0.05) is 6.07 Å². The lowest BCUT2D eigenvalue weighted by Gasteiger charge is -2.20. The fourth-order valence-electron chi connectivity index (χ4n) is 1.62. The van der Waals surface area contributed by atoms with Crippen molar-refractivity contribution in [3.05, 3.63) is 23.8 Å². The van der Waals surface area contributed by atoms with Crippen LogP contribution in [0.25, 0.3) is 0 Å².